The number of aliphatic hydroxyl groups excluding tert-OH is 3. The van der Waals surface area contributed by atoms with Crippen LogP contribution < -0.4 is 14.8 Å². The van der Waals surface area contributed by atoms with Crippen molar-refractivity contribution in [3.63, 3.8) is 0 Å². The van der Waals surface area contributed by atoms with Crippen LogP contribution in [0.1, 0.15) is 82.6 Å². The van der Waals surface area contributed by atoms with E-state index in [1.807, 2.05) is 13.0 Å². The molecule has 0 bridgehead atoms. The molecule has 2 amide bonds. The van der Waals surface area contributed by atoms with Crippen molar-refractivity contribution >= 4 is 29.5 Å². The van der Waals surface area contributed by atoms with Gasteiger partial charge in [0.2, 0.25) is 12.1 Å². The number of nitrogens with one attached hydrogen (secondary N) is 1. The molecule has 1 aromatic carbocycles. The van der Waals surface area contributed by atoms with Crippen LogP contribution in [0.2, 0.25) is 0 Å². The molecule has 16 heteroatoms. The highest BCUT2D eigenvalue weighted by atomic mass is 35.5. The van der Waals surface area contributed by atoms with Gasteiger partial charge in [0.15, 0.2) is 0 Å². The van der Waals surface area contributed by atoms with Crippen LogP contribution >= 0.6 is 11.6 Å². The normalized spacial score (nSPS) is 26.7. The van der Waals surface area contributed by atoms with Crippen molar-refractivity contribution in [2.24, 2.45) is 22.9 Å². The highest BCUT2D eigenvalue weighted by Gasteiger charge is 2.65. The molecule has 0 aromatic heterocycles. The molecule has 4 N–H and O–H groups in total. The number of amides is 2. The number of carbonyl (C=O) groups is 2. The SMILES string of the molecule is C=CCOC12Oc3ccc(OC(=O)NCC)cc3C3C(CCCCO)C(CCCCO)C=C(C(=NOC4CCCCO4)CC1N(CCOCCO)C(=O)OCCCl)C32. The zero-order valence-electron chi connectivity index (χ0n) is 33.7. The maximum Gasteiger partial charge on any atom is 0.412 e. The van der Waals surface area contributed by atoms with Crippen LogP contribution in [0, 0.1) is 17.8 Å². The summed E-state index contributed by atoms with van der Waals surface area (Å²) in [6.45, 7) is 6.90. The molecule has 5 rings (SSSR count). The van der Waals surface area contributed by atoms with Gasteiger partial charge in [0.1, 0.15) is 24.1 Å². The number of allylic oxidation sites excluding steroid dienone is 1. The summed E-state index contributed by atoms with van der Waals surface area (Å²) < 4.78 is 37.2. The summed E-state index contributed by atoms with van der Waals surface area (Å²) in [5.41, 5.74) is 2.25. The molecule has 7 atom stereocenters. The van der Waals surface area contributed by atoms with Crippen LogP contribution in [0.15, 0.2) is 47.7 Å². The summed E-state index contributed by atoms with van der Waals surface area (Å²) in [5.74, 6) is -1.59. The molecular formula is C42H62ClN3O12. The molecule has 2 heterocycles. The van der Waals surface area contributed by atoms with E-state index in [9.17, 15) is 24.9 Å². The van der Waals surface area contributed by atoms with Gasteiger partial charge in [-0.1, -0.05) is 30.1 Å². The number of benzene rings is 1. The lowest BCUT2D eigenvalue weighted by molar-refractivity contribution is -0.256. The molecule has 2 aliphatic heterocycles. The number of ether oxygens (including phenoxy) is 6. The minimum absolute atomic E-state index is 0.00173. The van der Waals surface area contributed by atoms with Gasteiger partial charge in [-0.25, -0.2) is 9.59 Å². The van der Waals surface area contributed by atoms with Crippen LogP contribution in [-0.2, 0) is 23.8 Å². The fraction of sp³-hybridized carbons (Fsp3) is 0.690. The highest BCUT2D eigenvalue weighted by molar-refractivity contribution is 6.18. The molecule has 15 nitrogen and oxygen atoms in total. The Balaban J connectivity index is 1.76. The number of oxime groups is 1. The first-order valence-corrected chi connectivity index (χ1v) is 21.4. The van der Waals surface area contributed by atoms with Crippen molar-refractivity contribution in [3.05, 3.63) is 48.1 Å². The Morgan fingerprint density at radius 3 is 2.60 bits per heavy atom. The molecule has 1 saturated carbocycles. The number of rotatable bonds is 23. The maximum absolute atomic E-state index is 14.2. The van der Waals surface area contributed by atoms with Crippen LogP contribution in [-0.4, -0.2) is 128 Å². The van der Waals surface area contributed by atoms with Gasteiger partial charge in [0.25, 0.3) is 0 Å². The van der Waals surface area contributed by atoms with E-state index in [-0.39, 0.29) is 82.8 Å². The molecule has 7 unspecified atom stereocenters. The number of hydrogen-bond donors (Lipinski definition) is 4. The second kappa shape index (κ2) is 23.4. The topological polar surface area (TPSA) is 187 Å². The van der Waals surface area contributed by atoms with E-state index in [0.29, 0.717) is 49.6 Å². The van der Waals surface area contributed by atoms with E-state index in [2.05, 4.69) is 18.0 Å². The Morgan fingerprint density at radius 1 is 1.09 bits per heavy atom. The predicted octanol–water partition coefficient (Wildman–Crippen LogP) is 5.64. The Bertz CT molecular complexity index is 1540. The molecular weight excluding hydrogens is 774 g/mol. The van der Waals surface area contributed by atoms with E-state index in [4.69, 9.17) is 50.0 Å². The third-order valence-corrected chi connectivity index (χ3v) is 11.4. The number of alkyl halides is 1. The number of unbranched alkanes of at least 4 members (excludes halogenated alkanes) is 2. The summed E-state index contributed by atoms with van der Waals surface area (Å²) in [5, 5.41) is 36.7. The number of halogens is 1. The number of fused-ring (bicyclic) bond motifs is 2. The molecule has 1 saturated heterocycles. The fourth-order valence-corrected chi connectivity index (χ4v) is 8.91. The number of aliphatic hydroxyl groups is 3. The Kier molecular flexibility index (Phi) is 18.4. The average molecular weight is 836 g/mol. The lowest BCUT2D eigenvalue weighted by atomic mass is 9.55. The predicted molar refractivity (Wildman–Crippen MR) is 216 cm³/mol. The van der Waals surface area contributed by atoms with Gasteiger partial charge in [-0.05, 0) is 81.1 Å². The largest absolute Gasteiger partial charge is 0.459 e. The van der Waals surface area contributed by atoms with Crippen molar-refractivity contribution in [3.8, 4) is 11.5 Å². The highest BCUT2D eigenvalue weighted by Crippen LogP contribution is 2.62. The molecule has 0 radical (unpaired) electrons. The average Bonchev–Trinajstić information content (AvgIpc) is 3.23. The minimum Gasteiger partial charge on any atom is -0.459 e. The summed E-state index contributed by atoms with van der Waals surface area (Å²) in [4.78, 5) is 34.6. The first-order valence-electron chi connectivity index (χ1n) is 20.8. The molecule has 4 aliphatic rings. The molecule has 2 aliphatic carbocycles. The van der Waals surface area contributed by atoms with Gasteiger partial charge in [0, 0.05) is 50.6 Å². The Morgan fingerprint density at radius 2 is 1.90 bits per heavy atom. The van der Waals surface area contributed by atoms with E-state index in [0.717, 1.165) is 49.7 Å². The van der Waals surface area contributed by atoms with Crippen molar-refractivity contribution in [1.82, 2.24) is 10.2 Å². The number of hydrogen-bond acceptors (Lipinski definition) is 13. The monoisotopic (exact) mass is 835 g/mol. The van der Waals surface area contributed by atoms with Gasteiger partial charge in [-0.2, -0.15) is 0 Å². The third-order valence-electron chi connectivity index (χ3n) is 11.2. The minimum atomic E-state index is -1.54. The Labute approximate surface area is 346 Å². The van der Waals surface area contributed by atoms with Crippen LogP contribution in [0.25, 0.3) is 0 Å². The smallest absolute Gasteiger partial charge is 0.412 e. The van der Waals surface area contributed by atoms with E-state index < -0.39 is 36.2 Å². The summed E-state index contributed by atoms with van der Waals surface area (Å²) in [6, 6.07) is 4.43. The number of nitrogens with zero attached hydrogens (tertiary/aromatic N) is 2. The van der Waals surface area contributed by atoms with Crippen LogP contribution in [0.3, 0.4) is 0 Å². The second-order valence-electron chi connectivity index (χ2n) is 14.9. The Hall–Kier alpha value is -3.44. The van der Waals surface area contributed by atoms with E-state index in [1.54, 1.807) is 23.1 Å². The maximum atomic E-state index is 14.2. The first-order chi connectivity index (χ1) is 28.3. The van der Waals surface area contributed by atoms with Crippen molar-refractivity contribution in [2.75, 3.05) is 71.8 Å². The molecule has 2 fully saturated rings. The van der Waals surface area contributed by atoms with Crippen LogP contribution in [0.5, 0.6) is 11.5 Å². The van der Waals surface area contributed by atoms with Gasteiger partial charge >= 0.3 is 12.2 Å². The van der Waals surface area contributed by atoms with Crippen molar-refractivity contribution in [2.45, 2.75) is 95.2 Å². The van der Waals surface area contributed by atoms with Crippen molar-refractivity contribution < 1.29 is 58.2 Å². The summed E-state index contributed by atoms with van der Waals surface area (Å²) >= 11 is 6.01. The quantitative estimate of drug-likeness (QED) is 0.0461. The van der Waals surface area contributed by atoms with Gasteiger partial charge in [-0.15, -0.1) is 18.2 Å². The van der Waals surface area contributed by atoms with E-state index >= 15 is 0 Å². The van der Waals surface area contributed by atoms with Crippen LogP contribution in [0.4, 0.5) is 9.59 Å². The molecule has 1 aromatic rings. The first kappa shape index (κ1) is 45.6. The molecule has 324 valence electrons. The lowest BCUT2D eigenvalue weighted by Gasteiger charge is -2.59. The summed E-state index contributed by atoms with van der Waals surface area (Å²) in [6.07, 6.45) is 9.05. The van der Waals surface area contributed by atoms with Gasteiger partial charge in [-0.3, -0.25) is 4.90 Å². The zero-order chi connectivity index (χ0) is 41.3. The van der Waals surface area contributed by atoms with E-state index in [1.165, 1.54) is 0 Å². The molecule has 58 heavy (non-hydrogen) atoms. The zero-order valence-corrected chi connectivity index (χ0v) is 34.5. The van der Waals surface area contributed by atoms with Gasteiger partial charge in [0.05, 0.1) is 50.5 Å². The molecule has 0 spiro atoms. The fourth-order valence-electron chi connectivity index (χ4n) is 8.83. The third kappa shape index (κ3) is 11.2. The standard InChI is InChI=1S/C42H62ClN3O12/c1-3-21-55-42-36(46(17-24-52-25-20-49)41(51)54-23-16-43)28-34(45-58-37-13-7-10-22-53-37)32-26-29(11-5-8-18-47)31(12-6-9-19-48)38(39(32)42)33-27-30(14-15-35(33)57-42)56-40(50)44-4-2/h3,14-15,26-27,29,31,36-39,47-49H,1,4-13,16-25,28H2,2H3,(H,44,50). The number of carbonyl (C=O) groups excluding carboxylic acids is 2. The lowest BCUT2D eigenvalue weighted by Crippen LogP contribution is -2.70. The van der Waals surface area contributed by atoms with Crippen molar-refractivity contribution in [1.29, 1.82) is 0 Å². The summed E-state index contributed by atoms with van der Waals surface area (Å²) in [7, 11) is 0. The van der Waals surface area contributed by atoms with Gasteiger partial charge < -0.3 is 53.9 Å². The second-order valence-corrected chi connectivity index (χ2v) is 15.3.